The molecule has 0 spiro atoms. The topological polar surface area (TPSA) is 79.9 Å². The van der Waals surface area contributed by atoms with E-state index in [1.54, 1.807) is 23.1 Å². The van der Waals surface area contributed by atoms with Gasteiger partial charge in [0, 0.05) is 50.0 Å². The second-order valence-corrected chi connectivity index (χ2v) is 6.03. The van der Waals surface area contributed by atoms with Gasteiger partial charge >= 0.3 is 6.03 Å². The van der Waals surface area contributed by atoms with Gasteiger partial charge in [0.05, 0.1) is 0 Å². The van der Waals surface area contributed by atoms with E-state index < -0.39 is 0 Å². The number of carbonyl (C=O) groups excluding carboxylic acids is 2. The molecule has 1 aromatic carbocycles. The summed E-state index contributed by atoms with van der Waals surface area (Å²) < 4.78 is 10.7. The van der Waals surface area contributed by atoms with Gasteiger partial charge in [-0.1, -0.05) is 11.6 Å². The molecule has 0 aliphatic carbocycles. The van der Waals surface area contributed by atoms with E-state index >= 15 is 0 Å². The lowest BCUT2D eigenvalue weighted by atomic mass is 10.2. The van der Waals surface area contributed by atoms with Gasteiger partial charge in [0.1, 0.15) is 5.75 Å². The minimum Gasteiger partial charge on any atom is -0.483 e. The smallest absolute Gasteiger partial charge is 0.314 e. The molecule has 0 radical (unpaired) electrons. The SMILES string of the molecule is CCOCCCNC(=O)NCCN1Cc2cc(Cl)ccc2OCC1=O. The van der Waals surface area contributed by atoms with Crippen LogP contribution in [-0.4, -0.2) is 56.3 Å². The third-order valence-electron chi connectivity index (χ3n) is 3.71. The highest BCUT2D eigenvalue weighted by Crippen LogP contribution is 2.26. The van der Waals surface area contributed by atoms with E-state index in [9.17, 15) is 9.59 Å². The number of hydrogen-bond acceptors (Lipinski definition) is 4. The fourth-order valence-electron chi connectivity index (χ4n) is 2.43. The summed E-state index contributed by atoms with van der Waals surface area (Å²) in [7, 11) is 0. The van der Waals surface area contributed by atoms with E-state index in [-0.39, 0.29) is 18.5 Å². The van der Waals surface area contributed by atoms with E-state index in [4.69, 9.17) is 21.1 Å². The standard InChI is InChI=1S/C17H24ClN3O4/c1-2-24-9-3-6-19-17(23)20-7-8-21-11-13-10-14(18)4-5-15(13)25-12-16(21)22/h4-5,10H,2-3,6-9,11-12H2,1H3,(H2,19,20,23). The second kappa shape index (κ2) is 10.1. The van der Waals surface area contributed by atoms with Crippen molar-refractivity contribution in [1.82, 2.24) is 15.5 Å². The van der Waals surface area contributed by atoms with Crippen LogP contribution in [0.3, 0.4) is 0 Å². The summed E-state index contributed by atoms with van der Waals surface area (Å²) in [6, 6.07) is 5.04. The molecule has 1 aliphatic heterocycles. The maximum Gasteiger partial charge on any atom is 0.314 e. The zero-order valence-corrected chi connectivity index (χ0v) is 15.1. The molecular weight excluding hydrogens is 346 g/mol. The first-order valence-corrected chi connectivity index (χ1v) is 8.76. The number of nitrogens with zero attached hydrogens (tertiary/aromatic N) is 1. The Balaban J connectivity index is 1.74. The number of benzene rings is 1. The van der Waals surface area contributed by atoms with Crippen molar-refractivity contribution >= 4 is 23.5 Å². The van der Waals surface area contributed by atoms with Crippen LogP contribution < -0.4 is 15.4 Å². The molecule has 7 nitrogen and oxygen atoms in total. The van der Waals surface area contributed by atoms with Gasteiger partial charge in [0.2, 0.25) is 0 Å². The molecule has 0 unspecified atom stereocenters. The van der Waals surface area contributed by atoms with E-state index in [0.717, 1.165) is 12.0 Å². The van der Waals surface area contributed by atoms with Gasteiger partial charge in [0.25, 0.3) is 5.91 Å². The molecule has 0 bridgehead atoms. The number of carbonyl (C=O) groups is 2. The van der Waals surface area contributed by atoms with Gasteiger partial charge in [-0.15, -0.1) is 0 Å². The Labute approximate surface area is 152 Å². The first-order valence-electron chi connectivity index (χ1n) is 8.38. The first kappa shape index (κ1) is 19.3. The van der Waals surface area contributed by atoms with Crippen LogP contribution in [-0.2, 0) is 16.1 Å². The molecule has 1 aliphatic rings. The lowest BCUT2D eigenvalue weighted by Gasteiger charge is -2.20. The molecule has 0 atom stereocenters. The third kappa shape index (κ3) is 6.43. The maximum atomic E-state index is 12.1. The summed E-state index contributed by atoms with van der Waals surface area (Å²) in [5.41, 5.74) is 0.860. The largest absolute Gasteiger partial charge is 0.483 e. The van der Waals surface area contributed by atoms with Crippen molar-refractivity contribution in [2.45, 2.75) is 19.9 Å². The van der Waals surface area contributed by atoms with Crippen LogP contribution in [0.1, 0.15) is 18.9 Å². The summed E-state index contributed by atoms with van der Waals surface area (Å²) in [5, 5.41) is 6.09. The maximum absolute atomic E-state index is 12.1. The predicted octanol–water partition coefficient (Wildman–Crippen LogP) is 1.79. The molecule has 138 valence electrons. The van der Waals surface area contributed by atoms with E-state index in [1.165, 1.54) is 0 Å². The number of ether oxygens (including phenoxy) is 2. The van der Waals surface area contributed by atoms with E-state index in [2.05, 4.69) is 10.6 Å². The average molecular weight is 370 g/mol. The summed E-state index contributed by atoms with van der Waals surface area (Å²) in [6.07, 6.45) is 0.765. The molecule has 2 N–H and O–H groups in total. The Morgan fingerprint density at radius 3 is 2.96 bits per heavy atom. The number of nitrogens with one attached hydrogen (secondary N) is 2. The molecule has 0 fully saturated rings. The normalized spacial score (nSPS) is 13.7. The van der Waals surface area contributed by atoms with Crippen molar-refractivity contribution in [2.24, 2.45) is 0 Å². The quantitative estimate of drug-likeness (QED) is 0.685. The van der Waals surface area contributed by atoms with Crippen molar-refractivity contribution in [3.63, 3.8) is 0 Å². The van der Waals surface area contributed by atoms with Crippen LogP contribution in [0.5, 0.6) is 5.75 Å². The summed E-state index contributed by atoms with van der Waals surface area (Å²) in [6.45, 7) is 4.94. The number of urea groups is 1. The molecular formula is C17H24ClN3O4. The van der Waals surface area contributed by atoms with E-state index in [0.29, 0.717) is 50.2 Å². The van der Waals surface area contributed by atoms with Gasteiger partial charge in [-0.2, -0.15) is 0 Å². The fourth-order valence-corrected chi connectivity index (χ4v) is 2.62. The van der Waals surface area contributed by atoms with Crippen molar-refractivity contribution < 1.29 is 19.1 Å². The monoisotopic (exact) mass is 369 g/mol. The minimum atomic E-state index is -0.251. The molecule has 0 saturated heterocycles. The summed E-state index contributed by atoms with van der Waals surface area (Å²) in [4.78, 5) is 25.5. The fraction of sp³-hybridized carbons (Fsp3) is 0.529. The Bertz CT molecular complexity index is 597. The highest BCUT2D eigenvalue weighted by Gasteiger charge is 2.21. The molecule has 1 aromatic rings. The zero-order valence-electron chi connectivity index (χ0n) is 14.3. The highest BCUT2D eigenvalue weighted by atomic mass is 35.5. The Morgan fingerprint density at radius 2 is 2.16 bits per heavy atom. The van der Waals surface area contributed by atoms with Crippen LogP contribution >= 0.6 is 11.6 Å². The van der Waals surface area contributed by atoms with Crippen LogP contribution in [0, 0.1) is 0 Å². The van der Waals surface area contributed by atoms with Crippen molar-refractivity contribution in [3.8, 4) is 5.75 Å². The highest BCUT2D eigenvalue weighted by molar-refractivity contribution is 6.30. The van der Waals surface area contributed by atoms with Crippen LogP contribution in [0.4, 0.5) is 4.79 Å². The van der Waals surface area contributed by atoms with Gasteiger partial charge in [-0.3, -0.25) is 4.79 Å². The lowest BCUT2D eigenvalue weighted by molar-refractivity contribution is -0.133. The van der Waals surface area contributed by atoms with Gasteiger partial charge in [-0.05, 0) is 31.5 Å². The molecule has 25 heavy (non-hydrogen) atoms. The summed E-state index contributed by atoms with van der Waals surface area (Å²) in [5.74, 6) is 0.548. The average Bonchev–Trinajstić information content (AvgIpc) is 2.74. The number of fused-ring (bicyclic) bond motifs is 1. The Kier molecular flexibility index (Phi) is 7.81. The van der Waals surface area contributed by atoms with Gasteiger partial charge < -0.3 is 25.0 Å². The molecule has 0 saturated carbocycles. The molecule has 2 rings (SSSR count). The summed E-state index contributed by atoms with van der Waals surface area (Å²) >= 11 is 6.01. The van der Waals surface area contributed by atoms with Gasteiger partial charge in [0.15, 0.2) is 6.61 Å². The zero-order chi connectivity index (χ0) is 18.1. The van der Waals surface area contributed by atoms with Gasteiger partial charge in [-0.25, -0.2) is 4.79 Å². The third-order valence-corrected chi connectivity index (χ3v) is 3.95. The molecule has 0 aromatic heterocycles. The molecule has 3 amide bonds. The van der Waals surface area contributed by atoms with Crippen molar-refractivity contribution in [2.75, 3.05) is 39.5 Å². The first-order chi connectivity index (χ1) is 12.1. The predicted molar refractivity (Wildman–Crippen MR) is 94.9 cm³/mol. The van der Waals surface area contributed by atoms with Crippen LogP contribution in [0.25, 0.3) is 0 Å². The van der Waals surface area contributed by atoms with Crippen molar-refractivity contribution in [3.05, 3.63) is 28.8 Å². The number of halogens is 1. The molecule has 8 heteroatoms. The lowest BCUT2D eigenvalue weighted by Crippen LogP contribution is -2.42. The van der Waals surface area contributed by atoms with Crippen molar-refractivity contribution in [1.29, 1.82) is 0 Å². The van der Waals surface area contributed by atoms with Crippen LogP contribution in [0.15, 0.2) is 18.2 Å². The Hall–Kier alpha value is -1.99. The second-order valence-electron chi connectivity index (χ2n) is 5.59. The molecule has 1 heterocycles. The number of rotatable bonds is 8. The Morgan fingerprint density at radius 1 is 1.36 bits per heavy atom. The number of hydrogen-bond donors (Lipinski definition) is 2. The minimum absolute atomic E-state index is 0.0156. The van der Waals surface area contributed by atoms with E-state index in [1.807, 2.05) is 6.92 Å². The number of amides is 3. The van der Waals surface area contributed by atoms with Crippen LogP contribution in [0.2, 0.25) is 5.02 Å².